The monoisotopic (exact) mass is 347 g/mol. The molecule has 0 aromatic heterocycles. The number of carbonyl (C=O) groups is 2. The lowest BCUT2D eigenvalue weighted by Gasteiger charge is -2.56. The summed E-state index contributed by atoms with van der Waals surface area (Å²) in [5.74, 6) is 1.61. The first-order valence-electron chi connectivity index (χ1n) is 10.1. The Bertz CT molecular complexity index is 562. The van der Waals surface area contributed by atoms with E-state index in [0.29, 0.717) is 25.6 Å². The second-order valence-electron chi connectivity index (χ2n) is 8.88. The van der Waals surface area contributed by atoms with Crippen molar-refractivity contribution in [3.05, 3.63) is 0 Å². The number of rotatable bonds is 4. The molecular formula is C19H29N3O3. The number of ether oxygens (including phenoxy) is 1. The molecule has 1 unspecified atom stereocenters. The van der Waals surface area contributed by atoms with Gasteiger partial charge in [0.2, 0.25) is 11.8 Å². The van der Waals surface area contributed by atoms with Crippen LogP contribution in [0.3, 0.4) is 0 Å². The maximum Gasteiger partial charge on any atom is 0.242 e. The Morgan fingerprint density at radius 2 is 1.68 bits per heavy atom. The highest BCUT2D eigenvalue weighted by Crippen LogP contribution is 2.38. The minimum absolute atomic E-state index is 0.108. The van der Waals surface area contributed by atoms with Gasteiger partial charge in [0.1, 0.15) is 11.6 Å². The van der Waals surface area contributed by atoms with Crippen molar-refractivity contribution in [3.8, 4) is 0 Å². The van der Waals surface area contributed by atoms with E-state index in [4.69, 9.17) is 4.74 Å². The molecule has 5 rings (SSSR count). The molecule has 138 valence electrons. The topological polar surface area (TPSA) is 53.1 Å². The van der Waals surface area contributed by atoms with Gasteiger partial charge in [-0.25, -0.2) is 0 Å². The van der Waals surface area contributed by atoms with Crippen molar-refractivity contribution in [2.24, 2.45) is 11.8 Å². The Morgan fingerprint density at radius 1 is 0.920 bits per heavy atom. The summed E-state index contributed by atoms with van der Waals surface area (Å²) in [6.07, 6.45) is 7.03. The van der Waals surface area contributed by atoms with Gasteiger partial charge in [0.15, 0.2) is 0 Å². The van der Waals surface area contributed by atoms with Crippen molar-refractivity contribution < 1.29 is 14.3 Å². The number of carbonyl (C=O) groups excluding carboxylic acids is 2. The molecule has 25 heavy (non-hydrogen) atoms. The van der Waals surface area contributed by atoms with Crippen LogP contribution in [0.25, 0.3) is 0 Å². The van der Waals surface area contributed by atoms with Gasteiger partial charge in [0, 0.05) is 32.1 Å². The predicted molar refractivity (Wildman–Crippen MR) is 91.9 cm³/mol. The molecule has 0 bridgehead atoms. The molecule has 0 N–H and O–H groups in total. The van der Waals surface area contributed by atoms with E-state index in [0.717, 1.165) is 51.4 Å². The summed E-state index contributed by atoms with van der Waals surface area (Å²) in [5, 5.41) is 0. The number of hydrogen-bond donors (Lipinski definition) is 0. The third-order valence-corrected chi connectivity index (χ3v) is 6.85. The minimum atomic E-state index is -0.222. The van der Waals surface area contributed by atoms with E-state index in [1.165, 1.54) is 19.3 Å². The minimum Gasteiger partial charge on any atom is -0.368 e. The van der Waals surface area contributed by atoms with Crippen molar-refractivity contribution in [1.29, 1.82) is 0 Å². The summed E-state index contributed by atoms with van der Waals surface area (Å²) in [7, 11) is 0. The Labute approximate surface area is 149 Å². The number of likely N-dealkylation sites (tertiary alicyclic amines) is 2. The SMILES string of the molecule is O=C(C1CCC1)N1CC2(C1)CN(CC1CC1)C(C(=O)N1CCC1)CO2. The summed E-state index contributed by atoms with van der Waals surface area (Å²) in [5.41, 5.74) is -0.222. The number of hydrogen-bond acceptors (Lipinski definition) is 4. The van der Waals surface area contributed by atoms with Gasteiger partial charge in [-0.1, -0.05) is 6.42 Å². The van der Waals surface area contributed by atoms with Crippen LogP contribution < -0.4 is 0 Å². The van der Waals surface area contributed by atoms with Gasteiger partial charge < -0.3 is 14.5 Å². The third-order valence-electron chi connectivity index (χ3n) is 6.85. The first-order valence-corrected chi connectivity index (χ1v) is 10.1. The maximum atomic E-state index is 12.8. The molecule has 5 aliphatic rings. The zero-order valence-corrected chi connectivity index (χ0v) is 15.0. The fraction of sp³-hybridized carbons (Fsp3) is 0.895. The van der Waals surface area contributed by atoms with Crippen LogP contribution in [0.2, 0.25) is 0 Å². The first kappa shape index (κ1) is 16.1. The molecule has 2 saturated carbocycles. The van der Waals surface area contributed by atoms with Crippen LogP contribution in [0.5, 0.6) is 0 Å². The van der Waals surface area contributed by atoms with Crippen LogP contribution in [0.4, 0.5) is 0 Å². The summed E-state index contributed by atoms with van der Waals surface area (Å²) in [6, 6.07) is -0.108. The lowest BCUT2D eigenvalue weighted by molar-refractivity contribution is -0.210. The van der Waals surface area contributed by atoms with Crippen molar-refractivity contribution in [1.82, 2.24) is 14.7 Å². The highest BCUT2D eigenvalue weighted by Gasteiger charge is 2.53. The molecule has 0 radical (unpaired) electrons. The van der Waals surface area contributed by atoms with Crippen LogP contribution in [0.15, 0.2) is 0 Å². The van der Waals surface area contributed by atoms with Crippen molar-refractivity contribution in [2.75, 3.05) is 45.9 Å². The van der Waals surface area contributed by atoms with E-state index < -0.39 is 0 Å². The fourth-order valence-electron chi connectivity index (χ4n) is 4.60. The van der Waals surface area contributed by atoms with E-state index in [1.54, 1.807) is 0 Å². The van der Waals surface area contributed by atoms with E-state index in [-0.39, 0.29) is 23.5 Å². The maximum absolute atomic E-state index is 12.8. The van der Waals surface area contributed by atoms with E-state index in [2.05, 4.69) is 4.90 Å². The average Bonchev–Trinajstić information content (AvgIpc) is 3.24. The van der Waals surface area contributed by atoms with E-state index in [1.807, 2.05) is 9.80 Å². The quantitative estimate of drug-likeness (QED) is 0.752. The molecule has 0 aromatic carbocycles. The zero-order valence-electron chi connectivity index (χ0n) is 15.0. The predicted octanol–water partition coefficient (Wildman–Crippen LogP) is 0.711. The van der Waals surface area contributed by atoms with Crippen LogP contribution >= 0.6 is 0 Å². The average molecular weight is 347 g/mol. The zero-order chi connectivity index (χ0) is 17.0. The summed E-state index contributed by atoms with van der Waals surface area (Å²) in [6.45, 7) is 5.56. The Kier molecular flexibility index (Phi) is 3.82. The molecule has 3 saturated heterocycles. The van der Waals surface area contributed by atoms with Gasteiger partial charge in [0.05, 0.1) is 19.7 Å². The molecular weight excluding hydrogens is 318 g/mol. The van der Waals surface area contributed by atoms with Gasteiger partial charge in [-0.3, -0.25) is 14.5 Å². The molecule has 1 spiro atoms. The molecule has 3 aliphatic heterocycles. The van der Waals surface area contributed by atoms with E-state index >= 15 is 0 Å². The second-order valence-corrected chi connectivity index (χ2v) is 8.88. The molecule has 6 nitrogen and oxygen atoms in total. The number of nitrogens with zero attached hydrogens (tertiary/aromatic N) is 3. The van der Waals surface area contributed by atoms with E-state index in [9.17, 15) is 9.59 Å². The van der Waals surface area contributed by atoms with Gasteiger partial charge in [-0.05, 0) is 38.0 Å². The molecule has 2 amide bonds. The first-order chi connectivity index (χ1) is 12.1. The lowest BCUT2D eigenvalue weighted by Crippen LogP contribution is -2.74. The molecule has 3 heterocycles. The van der Waals surface area contributed by atoms with Crippen molar-refractivity contribution in [3.63, 3.8) is 0 Å². The van der Waals surface area contributed by atoms with Crippen LogP contribution in [0.1, 0.15) is 38.5 Å². The smallest absolute Gasteiger partial charge is 0.242 e. The lowest BCUT2D eigenvalue weighted by atomic mass is 9.81. The summed E-state index contributed by atoms with van der Waals surface area (Å²) >= 11 is 0. The Morgan fingerprint density at radius 3 is 2.24 bits per heavy atom. The third kappa shape index (κ3) is 2.87. The summed E-state index contributed by atoms with van der Waals surface area (Å²) in [4.78, 5) is 31.5. The molecule has 6 heteroatoms. The number of amides is 2. The van der Waals surface area contributed by atoms with Crippen LogP contribution in [-0.4, -0.2) is 84.0 Å². The summed E-state index contributed by atoms with van der Waals surface area (Å²) < 4.78 is 6.21. The Hall–Kier alpha value is -1.14. The van der Waals surface area contributed by atoms with Gasteiger partial charge >= 0.3 is 0 Å². The van der Waals surface area contributed by atoms with Gasteiger partial charge in [0.25, 0.3) is 0 Å². The van der Waals surface area contributed by atoms with Gasteiger partial charge in [-0.15, -0.1) is 0 Å². The standard InChI is InChI=1S/C19H29N3O3/c23-17(15-3-1-4-15)22-12-19(13-22)11-21(9-14-5-6-14)16(10-25-19)18(24)20-7-2-8-20/h14-16H,1-13H2. The van der Waals surface area contributed by atoms with Crippen molar-refractivity contribution in [2.45, 2.75) is 50.2 Å². The highest BCUT2D eigenvalue weighted by molar-refractivity contribution is 5.83. The largest absolute Gasteiger partial charge is 0.368 e. The molecule has 1 atom stereocenters. The fourth-order valence-corrected chi connectivity index (χ4v) is 4.60. The Balaban J connectivity index is 1.22. The number of morpholine rings is 1. The normalized spacial score (nSPS) is 32.1. The highest BCUT2D eigenvalue weighted by atomic mass is 16.5. The van der Waals surface area contributed by atoms with Crippen LogP contribution in [0, 0.1) is 11.8 Å². The molecule has 5 fully saturated rings. The van der Waals surface area contributed by atoms with Crippen LogP contribution in [-0.2, 0) is 14.3 Å². The van der Waals surface area contributed by atoms with Crippen molar-refractivity contribution >= 4 is 11.8 Å². The molecule has 2 aliphatic carbocycles. The molecule has 0 aromatic rings. The van der Waals surface area contributed by atoms with Gasteiger partial charge in [-0.2, -0.15) is 0 Å². The second kappa shape index (κ2) is 5.95.